The van der Waals surface area contributed by atoms with E-state index in [1.165, 1.54) is 12.1 Å². The van der Waals surface area contributed by atoms with Gasteiger partial charge in [-0.15, -0.1) is 11.3 Å². The molecule has 7 heteroatoms. The Balaban J connectivity index is 1.52. The highest BCUT2D eigenvalue weighted by molar-refractivity contribution is 7.89. The zero-order valence-corrected chi connectivity index (χ0v) is 18.4. The SMILES string of the molecule is C[C@H]1CCCN(S(=O)(=O)c2ccc(C(=O)Nc3ccccc3-c3cccs3)cc2)C1. The van der Waals surface area contributed by atoms with Gasteiger partial charge in [-0.1, -0.05) is 31.2 Å². The molecule has 0 spiro atoms. The lowest BCUT2D eigenvalue weighted by molar-refractivity contribution is 0.102. The van der Waals surface area contributed by atoms with Crippen LogP contribution in [0.4, 0.5) is 5.69 Å². The Morgan fingerprint density at radius 2 is 1.83 bits per heavy atom. The maximum absolute atomic E-state index is 12.9. The summed E-state index contributed by atoms with van der Waals surface area (Å²) in [5.41, 5.74) is 2.10. The van der Waals surface area contributed by atoms with Crippen LogP contribution in [-0.2, 0) is 10.0 Å². The van der Waals surface area contributed by atoms with Gasteiger partial charge in [-0.25, -0.2) is 8.42 Å². The quantitative estimate of drug-likeness (QED) is 0.601. The van der Waals surface area contributed by atoms with Crippen LogP contribution in [0.3, 0.4) is 0 Å². The van der Waals surface area contributed by atoms with Crippen molar-refractivity contribution in [2.45, 2.75) is 24.7 Å². The highest BCUT2D eigenvalue weighted by atomic mass is 32.2. The molecule has 0 aliphatic carbocycles. The summed E-state index contributed by atoms with van der Waals surface area (Å²) < 4.78 is 27.4. The van der Waals surface area contributed by atoms with Crippen LogP contribution in [-0.4, -0.2) is 31.7 Å². The van der Waals surface area contributed by atoms with Crippen molar-refractivity contribution in [1.29, 1.82) is 0 Å². The molecule has 1 aliphatic heterocycles. The molecule has 0 saturated carbocycles. The summed E-state index contributed by atoms with van der Waals surface area (Å²) >= 11 is 1.61. The minimum Gasteiger partial charge on any atom is -0.321 e. The molecule has 1 aromatic heterocycles. The Labute approximate surface area is 181 Å². The molecular weight excluding hydrogens is 416 g/mol. The lowest BCUT2D eigenvalue weighted by Crippen LogP contribution is -2.39. The normalized spacial score (nSPS) is 17.6. The summed E-state index contributed by atoms with van der Waals surface area (Å²) in [4.78, 5) is 14.1. The van der Waals surface area contributed by atoms with Gasteiger partial charge < -0.3 is 5.32 Å². The fourth-order valence-corrected chi connectivity index (χ4v) is 6.09. The Morgan fingerprint density at radius 1 is 1.07 bits per heavy atom. The van der Waals surface area contributed by atoms with E-state index in [0.29, 0.717) is 24.6 Å². The number of sulfonamides is 1. The number of hydrogen-bond donors (Lipinski definition) is 1. The fraction of sp³-hybridized carbons (Fsp3) is 0.261. The molecule has 0 radical (unpaired) electrons. The minimum atomic E-state index is -3.53. The summed E-state index contributed by atoms with van der Waals surface area (Å²) in [7, 11) is -3.53. The number of thiophene rings is 1. The second kappa shape index (κ2) is 8.71. The van der Waals surface area contributed by atoms with Crippen molar-refractivity contribution in [1.82, 2.24) is 4.31 Å². The molecule has 1 saturated heterocycles. The van der Waals surface area contributed by atoms with Gasteiger partial charge in [-0.3, -0.25) is 4.79 Å². The number of anilines is 1. The van der Waals surface area contributed by atoms with Crippen LogP contribution >= 0.6 is 11.3 Å². The number of amides is 1. The van der Waals surface area contributed by atoms with Gasteiger partial charge in [-0.05, 0) is 60.5 Å². The van der Waals surface area contributed by atoms with Crippen molar-refractivity contribution in [3.05, 3.63) is 71.6 Å². The van der Waals surface area contributed by atoms with Crippen molar-refractivity contribution in [3.8, 4) is 10.4 Å². The van der Waals surface area contributed by atoms with E-state index in [-0.39, 0.29) is 10.8 Å². The average Bonchev–Trinajstić information content (AvgIpc) is 3.29. The van der Waals surface area contributed by atoms with Gasteiger partial charge in [0.2, 0.25) is 10.0 Å². The zero-order valence-electron chi connectivity index (χ0n) is 16.7. The van der Waals surface area contributed by atoms with Crippen LogP contribution in [0.2, 0.25) is 0 Å². The van der Waals surface area contributed by atoms with Crippen LogP contribution in [0.5, 0.6) is 0 Å². The van der Waals surface area contributed by atoms with E-state index in [4.69, 9.17) is 0 Å². The number of carbonyl (C=O) groups is 1. The molecule has 30 heavy (non-hydrogen) atoms. The van der Waals surface area contributed by atoms with Crippen molar-refractivity contribution in [2.24, 2.45) is 5.92 Å². The largest absolute Gasteiger partial charge is 0.321 e. The van der Waals surface area contributed by atoms with Crippen LogP contribution in [0.25, 0.3) is 10.4 Å². The third-order valence-corrected chi connectivity index (χ3v) is 8.12. The molecule has 156 valence electrons. The lowest BCUT2D eigenvalue weighted by Gasteiger charge is -2.30. The molecule has 1 aliphatic rings. The zero-order chi connectivity index (χ0) is 21.1. The number of carbonyl (C=O) groups excluding carboxylic acids is 1. The van der Waals surface area contributed by atoms with Crippen LogP contribution < -0.4 is 5.32 Å². The number of rotatable bonds is 5. The standard InChI is InChI=1S/C23H24N2O3S2/c1-17-6-4-14-25(16-17)30(27,28)19-12-10-18(11-13-19)23(26)24-21-8-3-2-7-20(21)22-9-5-15-29-22/h2-3,5,7-13,15,17H,4,6,14,16H2,1H3,(H,24,26)/t17-/m0/s1. The number of nitrogens with one attached hydrogen (secondary N) is 1. The highest BCUT2D eigenvalue weighted by Gasteiger charge is 2.28. The van der Waals surface area contributed by atoms with Gasteiger partial charge in [0.05, 0.1) is 4.90 Å². The van der Waals surface area contributed by atoms with Crippen molar-refractivity contribution in [2.75, 3.05) is 18.4 Å². The Hall–Kier alpha value is -2.48. The van der Waals surface area contributed by atoms with Gasteiger partial charge in [0.25, 0.3) is 5.91 Å². The topological polar surface area (TPSA) is 66.5 Å². The van der Waals surface area contributed by atoms with Crippen molar-refractivity contribution < 1.29 is 13.2 Å². The van der Waals surface area contributed by atoms with Gasteiger partial charge in [0, 0.05) is 34.8 Å². The monoisotopic (exact) mass is 440 g/mol. The van der Waals surface area contributed by atoms with E-state index >= 15 is 0 Å². The first-order valence-electron chi connectivity index (χ1n) is 9.99. The lowest BCUT2D eigenvalue weighted by atomic mass is 10.0. The average molecular weight is 441 g/mol. The molecule has 2 aromatic carbocycles. The number of benzene rings is 2. The fourth-order valence-electron chi connectivity index (χ4n) is 3.73. The molecule has 1 atom stereocenters. The molecule has 1 N–H and O–H groups in total. The third-order valence-electron chi connectivity index (χ3n) is 5.34. The van der Waals surface area contributed by atoms with E-state index in [0.717, 1.165) is 29.0 Å². The predicted molar refractivity (Wildman–Crippen MR) is 121 cm³/mol. The summed E-state index contributed by atoms with van der Waals surface area (Å²) in [5, 5.41) is 4.95. The molecule has 0 bridgehead atoms. The molecule has 5 nitrogen and oxygen atoms in total. The summed E-state index contributed by atoms with van der Waals surface area (Å²) in [6.45, 7) is 3.17. The summed E-state index contributed by atoms with van der Waals surface area (Å²) in [6.07, 6.45) is 1.93. The molecule has 4 rings (SSSR count). The van der Waals surface area contributed by atoms with E-state index in [2.05, 4.69) is 12.2 Å². The van der Waals surface area contributed by atoms with Crippen LogP contribution in [0.1, 0.15) is 30.1 Å². The predicted octanol–water partition coefficient (Wildman–Crippen LogP) is 5.09. The van der Waals surface area contributed by atoms with Crippen molar-refractivity contribution in [3.63, 3.8) is 0 Å². The Bertz CT molecular complexity index is 1120. The van der Waals surface area contributed by atoms with Crippen molar-refractivity contribution >= 4 is 33.0 Å². The summed E-state index contributed by atoms with van der Waals surface area (Å²) in [5.74, 6) is 0.0940. The summed E-state index contributed by atoms with van der Waals surface area (Å²) in [6, 6.07) is 17.8. The van der Waals surface area contributed by atoms with Crippen LogP contribution in [0.15, 0.2) is 70.9 Å². The highest BCUT2D eigenvalue weighted by Crippen LogP contribution is 2.31. The first-order valence-corrected chi connectivity index (χ1v) is 12.3. The van der Waals surface area contributed by atoms with Gasteiger partial charge in [-0.2, -0.15) is 4.31 Å². The Morgan fingerprint density at radius 3 is 2.53 bits per heavy atom. The first-order chi connectivity index (χ1) is 14.4. The van der Waals surface area contributed by atoms with E-state index in [1.54, 1.807) is 27.8 Å². The maximum atomic E-state index is 12.9. The van der Waals surface area contributed by atoms with E-state index < -0.39 is 10.0 Å². The minimum absolute atomic E-state index is 0.229. The van der Waals surface area contributed by atoms with E-state index in [9.17, 15) is 13.2 Å². The number of piperidine rings is 1. The number of para-hydroxylation sites is 1. The van der Waals surface area contributed by atoms with Gasteiger partial charge in [0.15, 0.2) is 0 Å². The van der Waals surface area contributed by atoms with Crippen LogP contribution in [0, 0.1) is 5.92 Å². The van der Waals surface area contributed by atoms with Gasteiger partial charge in [0.1, 0.15) is 0 Å². The molecular formula is C23H24N2O3S2. The smallest absolute Gasteiger partial charge is 0.255 e. The van der Waals surface area contributed by atoms with Gasteiger partial charge >= 0.3 is 0 Å². The molecule has 1 fully saturated rings. The molecule has 3 aromatic rings. The Kier molecular flexibility index (Phi) is 6.04. The third kappa shape index (κ3) is 4.33. The molecule has 1 amide bonds. The molecule has 2 heterocycles. The number of nitrogens with zero attached hydrogens (tertiary/aromatic N) is 1. The second-order valence-electron chi connectivity index (χ2n) is 7.61. The number of hydrogen-bond acceptors (Lipinski definition) is 4. The first kappa shape index (κ1) is 20.8. The molecule has 0 unspecified atom stereocenters. The maximum Gasteiger partial charge on any atom is 0.255 e. The second-order valence-corrected chi connectivity index (χ2v) is 10.5. The van der Waals surface area contributed by atoms with E-state index in [1.807, 2.05) is 41.8 Å².